The van der Waals surface area contributed by atoms with E-state index in [4.69, 9.17) is 9.84 Å². The normalized spacial score (nSPS) is 18.8. The van der Waals surface area contributed by atoms with Crippen molar-refractivity contribution in [3.05, 3.63) is 18.0 Å². The molecule has 1 aliphatic rings. The fraction of sp³-hybridized carbons (Fsp3) is 0.545. The third kappa shape index (κ3) is 3.30. The van der Waals surface area contributed by atoms with E-state index < -0.39 is 5.97 Å². The Labute approximate surface area is 104 Å². The summed E-state index contributed by atoms with van der Waals surface area (Å²) in [5.74, 6) is -1.26. The number of nitrogens with zero attached hydrogens (tertiary/aromatic N) is 2. The molecule has 1 aromatic heterocycles. The molecule has 98 valence electrons. The predicted molar refractivity (Wildman–Crippen MR) is 61.2 cm³/mol. The van der Waals surface area contributed by atoms with E-state index in [0.717, 1.165) is 19.4 Å². The molecule has 0 aromatic carbocycles. The van der Waals surface area contributed by atoms with Crippen molar-refractivity contribution in [3.8, 4) is 0 Å². The number of rotatable bonds is 5. The van der Waals surface area contributed by atoms with Crippen LogP contribution in [0.15, 0.2) is 12.4 Å². The molecule has 2 rings (SSSR count). The molecule has 1 amide bonds. The van der Waals surface area contributed by atoms with Crippen LogP contribution in [0, 0.1) is 0 Å². The van der Waals surface area contributed by atoms with Crippen LogP contribution in [0.3, 0.4) is 0 Å². The van der Waals surface area contributed by atoms with Gasteiger partial charge in [-0.1, -0.05) is 0 Å². The molecular weight excluding hydrogens is 238 g/mol. The molecule has 0 aliphatic carbocycles. The molecule has 2 N–H and O–H groups in total. The second-order valence-corrected chi connectivity index (χ2v) is 4.17. The van der Waals surface area contributed by atoms with Gasteiger partial charge in [0.25, 0.3) is 5.91 Å². The molecule has 1 aliphatic heterocycles. The molecule has 18 heavy (non-hydrogen) atoms. The highest BCUT2D eigenvalue weighted by Gasteiger charge is 2.17. The number of carboxylic acid groups (broad SMARTS) is 1. The van der Waals surface area contributed by atoms with E-state index in [1.165, 1.54) is 17.1 Å². The monoisotopic (exact) mass is 253 g/mol. The van der Waals surface area contributed by atoms with E-state index in [-0.39, 0.29) is 18.6 Å². The first-order valence-corrected chi connectivity index (χ1v) is 5.79. The van der Waals surface area contributed by atoms with Crippen molar-refractivity contribution in [2.45, 2.75) is 25.5 Å². The van der Waals surface area contributed by atoms with Crippen molar-refractivity contribution in [2.24, 2.45) is 0 Å². The van der Waals surface area contributed by atoms with Crippen molar-refractivity contribution in [1.82, 2.24) is 15.1 Å². The van der Waals surface area contributed by atoms with Crippen LogP contribution in [0.25, 0.3) is 0 Å². The number of ether oxygens (including phenoxy) is 1. The summed E-state index contributed by atoms with van der Waals surface area (Å²) >= 11 is 0. The van der Waals surface area contributed by atoms with Crippen molar-refractivity contribution in [1.29, 1.82) is 0 Å². The predicted octanol–water partition coefficient (Wildman–Crippen LogP) is -0.124. The van der Waals surface area contributed by atoms with Crippen LogP contribution in [0.2, 0.25) is 0 Å². The molecule has 7 nitrogen and oxygen atoms in total. The van der Waals surface area contributed by atoms with E-state index in [1.54, 1.807) is 0 Å². The zero-order valence-electron chi connectivity index (χ0n) is 9.83. The summed E-state index contributed by atoms with van der Waals surface area (Å²) in [7, 11) is 0. The number of aliphatic carboxylic acids is 1. The lowest BCUT2D eigenvalue weighted by molar-refractivity contribution is -0.137. The van der Waals surface area contributed by atoms with Gasteiger partial charge in [-0.2, -0.15) is 5.10 Å². The lowest BCUT2D eigenvalue weighted by Crippen LogP contribution is -2.31. The van der Waals surface area contributed by atoms with Crippen LogP contribution in [-0.4, -0.2) is 46.0 Å². The Bertz CT molecular complexity index is 437. The van der Waals surface area contributed by atoms with Gasteiger partial charge in [0.05, 0.1) is 17.9 Å². The highest BCUT2D eigenvalue weighted by Crippen LogP contribution is 2.10. The number of hydrogen-bond acceptors (Lipinski definition) is 4. The Kier molecular flexibility index (Phi) is 3.93. The van der Waals surface area contributed by atoms with Crippen molar-refractivity contribution in [2.75, 3.05) is 13.2 Å². The average molecular weight is 253 g/mol. The minimum atomic E-state index is -0.996. The topological polar surface area (TPSA) is 93.5 Å². The average Bonchev–Trinajstić information content (AvgIpc) is 2.95. The molecule has 1 unspecified atom stereocenters. The smallest absolute Gasteiger partial charge is 0.325 e. The van der Waals surface area contributed by atoms with E-state index >= 15 is 0 Å². The molecule has 2 heterocycles. The first-order chi connectivity index (χ1) is 8.65. The molecule has 7 heteroatoms. The molecule has 1 saturated heterocycles. The summed E-state index contributed by atoms with van der Waals surface area (Å²) in [5, 5.41) is 15.1. The third-order valence-electron chi connectivity index (χ3n) is 2.71. The molecule has 0 bridgehead atoms. The van der Waals surface area contributed by atoms with Gasteiger partial charge in [0.1, 0.15) is 6.54 Å². The van der Waals surface area contributed by atoms with E-state index in [1.807, 2.05) is 0 Å². The maximum absolute atomic E-state index is 11.7. The summed E-state index contributed by atoms with van der Waals surface area (Å²) in [6, 6.07) is 0. The Morgan fingerprint density at radius 2 is 2.44 bits per heavy atom. The third-order valence-corrected chi connectivity index (χ3v) is 2.71. The minimum absolute atomic E-state index is 0.0861. The first-order valence-electron chi connectivity index (χ1n) is 5.79. The zero-order valence-corrected chi connectivity index (χ0v) is 9.83. The van der Waals surface area contributed by atoms with Gasteiger partial charge in [0, 0.05) is 19.3 Å². The van der Waals surface area contributed by atoms with Crippen LogP contribution in [0.5, 0.6) is 0 Å². The Morgan fingerprint density at radius 3 is 3.11 bits per heavy atom. The second-order valence-electron chi connectivity index (χ2n) is 4.17. The molecule has 0 spiro atoms. The number of amides is 1. The zero-order chi connectivity index (χ0) is 13.0. The maximum Gasteiger partial charge on any atom is 0.325 e. The van der Waals surface area contributed by atoms with Crippen LogP contribution in [-0.2, 0) is 16.1 Å². The van der Waals surface area contributed by atoms with Crippen LogP contribution >= 0.6 is 0 Å². The van der Waals surface area contributed by atoms with Crippen LogP contribution < -0.4 is 5.32 Å². The lowest BCUT2D eigenvalue weighted by Gasteiger charge is -2.09. The molecule has 0 radical (unpaired) electrons. The van der Waals surface area contributed by atoms with Gasteiger partial charge in [-0.05, 0) is 12.8 Å². The SMILES string of the molecule is O=C(O)Cn1cc(C(=O)NCC2CCCO2)cn1. The highest BCUT2D eigenvalue weighted by molar-refractivity contribution is 5.93. The molecular formula is C11H15N3O4. The standard InChI is InChI=1S/C11H15N3O4/c15-10(16)7-14-6-8(4-13-14)11(17)12-5-9-2-1-3-18-9/h4,6,9H,1-3,5,7H2,(H,12,17)(H,15,16). The maximum atomic E-state index is 11.7. The number of carbonyl (C=O) groups is 2. The molecule has 1 atom stereocenters. The molecule has 1 fully saturated rings. The molecule has 1 aromatic rings. The number of aromatic nitrogens is 2. The van der Waals surface area contributed by atoms with Crippen molar-refractivity contribution < 1.29 is 19.4 Å². The number of nitrogens with one attached hydrogen (secondary N) is 1. The van der Waals surface area contributed by atoms with E-state index in [0.29, 0.717) is 12.1 Å². The fourth-order valence-electron chi connectivity index (χ4n) is 1.82. The van der Waals surface area contributed by atoms with Gasteiger partial charge >= 0.3 is 5.97 Å². The Morgan fingerprint density at radius 1 is 1.61 bits per heavy atom. The van der Waals surface area contributed by atoms with Gasteiger partial charge in [0.15, 0.2) is 0 Å². The Balaban J connectivity index is 1.84. The van der Waals surface area contributed by atoms with Crippen LogP contribution in [0.1, 0.15) is 23.2 Å². The summed E-state index contributed by atoms with van der Waals surface area (Å²) in [4.78, 5) is 22.2. The number of carbonyl (C=O) groups excluding carboxylic acids is 1. The minimum Gasteiger partial charge on any atom is -0.480 e. The van der Waals surface area contributed by atoms with Crippen molar-refractivity contribution >= 4 is 11.9 Å². The van der Waals surface area contributed by atoms with Gasteiger partial charge in [0.2, 0.25) is 0 Å². The second kappa shape index (κ2) is 5.63. The summed E-state index contributed by atoms with van der Waals surface area (Å²) in [6.07, 6.45) is 4.84. The van der Waals surface area contributed by atoms with E-state index in [2.05, 4.69) is 10.4 Å². The number of hydrogen-bond donors (Lipinski definition) is 2. The largest absolute Gasteiger partial charge is 0.480 e. The molecule has 0 saturated carbocycles. The van der Waals surface area contributed by atoms with Gasteiger partial charge < -0.3 is 15.2 Å². The highest BCUT2D eigenvalue weighted by atomic mass is 16.5. The fourth-order valence-corrected chi connectivity index (χ4v) is 1.82. The van der Waals surface area contributed by atoms with Gasteiger partial charge in [-0.3, -0.25) is 14.3 Å². The number of carboxylic acids is 1. The Hall–Kier alpha value is -1.89. The summed E-state index contributed by atoms with van der Waals surface area (Å²) in [6.45, 7) is 0.971. The quantitative estimate of drug-likeness (QED) is 0.762. The lowest BCUT2D eigenvalue weighted by atomic mass is 10.2. The van der Waals surface area contributed by atoms with Crippen LogP contribution in [0.4, 0.5) is 0 Å². The van der Waals surface area contributed by atoms with Gasteiger partial charge in [-0.25, -0.2) is 0 Å². The first kappa shape index (κ1) is 12.6. The van der Waals surface area contributed by atoms with Gasteiger partial charge in [-0.15, -0.1) is 0 Å². The summed E-state index contributed by atoms with van der Waals surface area (Å²) in [5.41, 5.74) is 0.356. The van der Waals surface area contributed by atoms with E-state index in [9.17, 15) is 9.59 Å². The van der Waals surface area contributed by atoms with Crippen molar-refractivity contribution in [3.63, 3.8) is 0 Å². The summed E-state index contributed by atoms with van der Waals surface area (Å²) < 4.78 is 6.60.